The number of likely N-dealkylation sites (tertiary alicyclic amines) is 1. The predicted octanol–water partition coefficient (Wildman–Crippen LogP) is 3.63. The fraction of sp³-hybridized carbons (Fsp3) is 0.300. The Morgan fingerprint density at radius 3 is 2.37 bits per heavy atom. The van der Waals surface area contributed by atoms with Crippen molar-refractivity contribution >= 4 is 47.5 Å². The molecule has 1 aliphatic heterocycles. The highest BCUT2D eigenvalue weighted by molar-refractivity contribution is 8.00. The molecule has 2 aromatic rings. The average Bonchev–Trinajstić information content (AvgIpc) is 3.04. The lowest BCUT2D eigenvalue weighted by molar-refractivity contribution is -0.127. The minimum atomic E-state index is -0.0537. The Balaban J connectivity index is 0.00000261. The van der Waals surface area contributed by atoms with E-state index >= 15 is 0 Å². The van der Waals surface area contributed by atoms with E-state index in [1.54, 1.807) is 24.3 Å². The van der Waals surface area contributed by atoms with Gasteiger partial charge in [0, 0.05) is 35.6 Å². The average molecular weight is 425 g/mol. The second-order valence-corrected chi connectivity index (χ2v) is 7.82. The summed E-state index contributed by atoms with van der Waals surface area (Å²) in [6.45, 7) is 1.19. The van der Waals surface area contributed by atoms with E-state index in [1.165, 1.54) is 17.3 Å². The van der Waals surface area contributed by atoms with Crippen molar-refractivity contribution < 1.29 is 9.59 Å². The molecule has 0 unspecified atom stereocenters. The van der Waals surface area contributed by atoms with Gasteiger partial charge in [0.05, 0.1) is 11.5 Å². The molecule has 2 N–H and O–H groups in total. The van der Waals surface area contributed by atoms with E-state index in [2.05, 4.69) is 12.1 Å². The van der Waals surface area contributed by atoms with Gasteiger partial charge in [-0.2, -0.15) is 0 Å². The zero-order valence-electron chi connectivity index (χ0n) is 14.7. The largest absolute Gasteiger partial charge is 0.340 e. The molecule has 1 saturated heterocycles. The van der Waals surface area contributed by atoms with Crippen molar-refractivity contribution in [1.29, 1.82) is 0 Å². The summed E-state index contributed by atoms with van der Waals surface area (Å²) in [5.41, 5.74) is 8.02. The number of carbonyl (C=O) groups excluding carboxylic acids is 2. The normalized spacial score (nSPS) is 18.8. The summed E-state index contributed by atoms with van der Waals surface area (Å²) < 4.78 is 0. The maximum absolute atomic E-state index is 12.5. The molecule has 3 rings (SSSR count). The van der Waals surface area contributed by atoms with Gasteiger partial charge >= 0.3 is 0 Å². The van der Waals surface area contributed by atoms with Crippen LogP contribution in [0.25, 0.3) is 0 Å². The summed E-state index contributed by atoms with van der Waals surface area (Å²) in [4.78, 5) is 26.4. The first-order valence-corrected chi connectivity index (χ1v) is 10.0. The molecule has 1 fully saturated rings. The van der Waals surface area contributed by atoms with Crippen molar-refractivity contribution in [3.8, 4) is 0 Å². The topological polar surface area (TPSA) is 63.4 Å². The van der Waals surface area contributed by atoms with Crippen LogP contribution >= 0.6 is 35.8 Å². The Bertz CT molecular complexity index is 771. The lowest BCUT2D eigenvalue weighted by atomic mass is 9.95. The zero-order valence-corrected chi connectivity index (χ0v) is 17.1. The van der Waals surface area contributed by atoms with Gasteiger partial charge in [0.25, 0.3) is 0 Å². The van der Waals surface area contributed by atoms with E-state index in [4.69, 9.17) is 17.3 Å². The van der Waals surface area contributed by atoms with Gasteiger partial charge in [-0.15, -0.1) is 24.2 Å². The molecule has 0 spiro atoms. The minimum Gasteiger partial charge on any atom is -0.340 e. The first kappa shape index (κ1) is 21.8. The molecule has 0 saturated carbocycles. The van der Waals surface area contributed by atoms with E-state index < -0.39 is 0 Å². The standard InChI is InChI=1S/C20H21ClN2O2S.ClH/c21-16-8-6-15(7-9-16)19(24)12-26-13-20(25)23-10-17(18(22)11-23)14-4-2-1-3-5-14;/h1-9,17-18H,10-13,22H2;1H/t17-,18+;/m0./s1. The van der Waals surface area contributed by atoms with Gasteiger partial charge in [-0.1, -0.05) is 41.9 Å². The van der Waals surface area contributed by atoms with Crippen LogP contribution in [0.1, 0.15) is 21.8 Å². The monoisotopic (exact) mass is 424 g/mol. The van der Waals surface area contributed by atoms with Gasteiger partial charge in [0.15, 0.2) is 5.78 Å². The molecular weight excluding hydrogens is 403 g/mol. The number of nitrogens with two attached hydrogens (primary N) is 1. The van der Waals surface area contributed by atoms with Gasteiger partial charge in [0.2, 0.25) is 5.91 Å². The Kier molecular flexibility index (Phi) is 8.17. The summed E-state index contributed by atoms with van der Waals surface area (Å²) >= 11 is 7.16. The molecule has 27 heavy (non-hydrogen) atoms. The number of halogens is 2. The number of nitrogens with zero attached hydrogens (tertiary/aromatic N) is 1. The van der Waals surface area contributed by atoms with Gasteiger partial charge in [-0.3, -0.25) is 9.59 Å². The fourth-order valence-electron chi connectivity index (χ4n) is 3.13. The summed E-state index contributed by atoms with van der Waals surface area (Å²) in [5, 5.41) is 0.600. The van der Waals surface area contributed by atoms with E-state index in [1.807, 2.05) is 23.1 Å². The highest BCUT2D eigenvalue weighted by atomic mass is 35.5. The molecule has 4 nitrogen and oxygen atoms in total. The summed E-state index contributed by atoms with van der Waals surface area (Å²) in [7, 11) is 0. The molecule has 0 aromatic heterocycles. The number of hydrogen-bond donors (Lipinski definition) is 1. The van der Waals surface area contributed by atoms with Gasteiger partial charge in [-0.05, 0) is 29.8 Å². The number of carbonyl (C=O) groups is 2. The highest BCUT2D eigenvalue weighted by Crippen LogP contribution is 2.26. The van der Waals surface area contributed by atoms with Crippen molar-refractivity contribution in [2.24, 2.45) is 5.73 Å². The van der Waals surface area contributed by atoms with Gasteiger partial charge in [-0.25, -0.2) is 0 Å². The zero-order chi connectivity index (χ0) is 18.5. The first-order valence-electron chi connectivity index (χ1n) is 8.49. The Morgan fingerprint density at radius 1 is 1.04 bits per heavy atom. The molecule has 1 heterocycles. The minimum absolute atomic E-state index is 0. The quantitative estimate of drug-likeness (QED) is 0.718. The van der Waals surface area contributed by atoms with E-state index in [9.17, 15) is 9.59 Å². The van der Waals surface area contributed by atoms with Crippen LogP contribution in [0.5, 0.6) is 0 Å². The van der Waals surface area contributed by atoms with Crippen molar-refractivity contribution in [2.75, 3.05) is 24.6 Å². The SMILES string of the molecule is Cl.N[C@@H]1CN(C(=O)CSCC(=O)c2ccc(Cl)cc2)C[C@H]1c1ccccc1. The third-order valence-electron chi connectivity index (χ3n) is 4.57. The smallest absolute Gasteiger partial charge is 0.232 e. The maximum atomic E-state index is 12.5. The molecule has 0 aliphatic carbocycles. The molecule has 2 aromatic carbocycles. The van der Waals surface area contributed by atoms with E-state index in [-0.39, 0.29) is 47.6 Å². The molecule has 2 atom stereocenters. The Hall–Kier alpha value is -1.53. The third-order valence-corrected chi connectivity index (χ3v) is 5.74. The third kappa shape index (κ3) is 5.72. The number of benzene rings is 2. The van der Waals surface area contributed by atoms with Crippen LogP contribution in [0.3, 0.4) is 0 Å². The first-order chi connectivity index (χ1) is 12.5. The van der Waals surface area contributed by atoms with Crippen LogP contribution in [0, 0.1) is 0 Å². The number of thioether (sulfide) groups is 1. The van der Waals surface area contributed by atoms with Crippen molar-refractivity contribution in [2.45, 2.75) is 12.0 Å². The second kappa shape index (κ2) is 10.1. The van der Waals surface area contributed by atoms with Crippen LogP contribution < -0.4 is 5.73 Å². The van der Waals surface area contributed by atoms with E-state index in [0.717, 1.165) is 0 Å². The number of rotatable bonds is 6. The summed E-state index contributed by atoms with van der Waals surface area (Å²) in [6.07, 6.45) is 0. The molecular formula is C20H22Cl2N2O2S. The Labute approximate surface area is 174 Å². The summed E-state index contributed by atoms with van der Waals surface area (Å²) in [5.74, 6) is 0.761. The molecule has 7 heteroatoms. The number of ketones is 1. The van der Waals surface area contributed by atoms with Gasteiger partial charge < -0.3 is 10.6 Å². The number of amides is 1. The lowest BCUT2D eigenvalue weighted by Crippen LogP contribution is -2.33. The molecule has 1 amide bonds. The lowest BCUT2D eigenvalue weighted by Gasteiger charge is -2.16. The van der Waals surface area contributed by atoms with Crippen molar-refractivity contribution in [3.63, 3.8) is 0 Å². The van der Waals surface area contributed by atoms with Crippen LogP contribution in [0.15, 0.2) is 54.6 Å². The van der Waals surface area contributed by atoms with Crippen molar-refractivity contribution in [3.05, 3.63) is 70.7 Å². The molecule has 0 bridgehead atoms. The van der Waals surface area contributed by atoms with Crippen molar-refractivity contribution in [1.82, 2.24) is 4.90 Å². The van der Waals surface area contributed by atoms with Crippen LogP contribution in [-0.2, 0) is 4.79 Å². The van der Waals surface area contributed by atoms with Crippen LogP contribution in [0.2, 0.25) is 5.02 Å². The Morgan fingerprint density at radius 2 is 1.70 bits per heavy atom. The molecule has 144 valence electrons. The fourth-order valence-corrected chi connectivity index (χ4v) is 4.06. The van der Waals surface area contributed by atoms with Crippen LogP contribution in [0.4, 0.5) is 0 Å². The maximum Gasteiger partial charge on any atom is 0.232 e. The number of hydrogen-bond acceptors (Lipinski definition) is 4. The van der Waals surface area contributed by atoms with Gasteiger partial charge in [0.1, 0.15) is 0 Å². The predicted molar refractivity (Wildman–Crippen MR) is 114 cm³/mol. The highest BCUT2D eigenvalue weighted by Gasteiger charge is 2.33. The van der Waals surface area contributed by atoms with E-state index in [0.29, 0.717) is 23.7 Å². The second-order valence-electron chi connectivity index (χ2n) is 6.40. The molecule has 0 radical (unpaired) electrons. The summed E-state index contributed by atoms with van der Waals surface area (Å²) in [6, 6.07) is 16.8. The number of Topliss-reactive ketones (excluding diaryl/α,β-unsaturated/α-hetero) is 1. The molecule has 1 aliphatic rings. The van der Waals surface area contributed by atoms with Crippen LogP contribution in [-0.4, -0.2) is 47.2 Å².